The summed E-state index contributed by atoms with van der Waals surface area (Å²) in [6, 6.07) is 0. The summed E-state index contributed by atoms with van der Waals surface area (Å²) in [6.45, 7) is 0. The minimum absolute atomic E-state index is 0. The molecule has 5 heavy (non-hydrogen) atoms. The molecule has 0 saturated heterocycles. The zero-order valence-corrected chi connectivity index (χ0v) is 6.79. The van der Waals surface area contributed by atoms with E-state index in [2.05, 4.69) is 0 Å². The first-order chi connectivity index (χ1) is 1.00. The molecule has 31 valence electrons. The van der Waals surface area contributed by atoms with E-state index in [0.29, 0.717) is 0 Å². The van der Waals surface area contributed by atoms with Crippen LogP contribution in [0.2, 0.25) is 0 Å². The van der Waals surface area contributed by atoms with E-state index in [1.807, 2.05) is 0 Å². The van der Waals surface area contributed by atoms with E-state index in [4.69, 9.17) is 5.11 Å². The van der Waals surface area contributed by atoms with Gasteiger partial charge in [-0.15, -0.1) is 0 Å². The second-order valence-electron chi connectivity index (χ2n) is 0. The largest absolute Gasteiger partial charge is 2.00 e. The Morgan fingerprint density at radius 1 is 1.20 bits per heavy atom. The van der Waals surface area contributed by atoms with Gasteiger partial charge in [-0.25, -0.2) is 0 Å². The summed E-state index contributed by atoms with van der Waals surface area (Å²) >= 11 is 0. The molecule has 0 aliphatic rings. The normalized spacial score (nSPS) is 1.20. The third-order valence-electron chi connectivity index (χ3n) is 0. The van der Waals surface area contributed by atoms with Gasteiger partial charge in [0.05, 0.1) is 0 Å². The van der Waals surface area contributed by atoms with Gasteiger partial charge < -0.3 is 17.5 Å². The summed E-state index contributed by atoms with van der Waals surface area (Å²) in [5.74, 6) is 0. The van der Waals surface area contributed by atoms with Crippen molar-refractivity contribution in [2.45, 2.75) is 0 Å². The minimum atomic E-state index is 0. The Morgan fingerprint density at radius 3 is 1.20 bits per heavy atom. The fraction of sp³-hybridized carbons (Fsp3) is 1.00. The molecule has 0 unspecified atom stereocenters. The van der Waals surface area contributed by atoms with Gasteiger partial charge in [0.2, 0.25) is 0 Å². The van der Waals surface area contributed by atoms with Gasteiger partial charge in [0, 0.05) is 0 Å². The summed E-state index contributed by atoms with van der Waals surface area (Å²) in [5, 5.41) is 8.25. The van der Waals surface area contributed by atoms with E-state index in [-0.39, 0.29) is 59.0 Å². The van der Waals surface area contributed by atoms with E-state index in [0.717, 1.165) is 7.11 Å². The van der Waals surface area contributed by atoms with Gasteiger partial charge in [-0.2, -0.15) is 7.11 Å². The van der Waals surface area contributed by atoms with Crippen LogP contribution in [0.4, 0.5) is 0 Å². The first-order valence-corrected chi connectivity index (χ1v) is 0.408. The van der Waals surface area contributed by atoms with Crippen molar-refractivity contribution in [1.82, 2.24) is 0 Å². The third-order valence-corrected chi connectivity index (χ3v) is 0. The first-order valence-electron chi connectivity index (χ1n) is 0.408. The maximum atomic E-state index is 8.25. The van der Waals surface area contributed by atoms with Crippen molar-refractivity contribution >= 4 is 0 Å². The van der Waals surface area contributed by atoms with Gasteiger partial charge in [0.15, 0.2) is 0 Å². The molecule has 0 aliphatic carbocycles. The average Bonchev–Trinajstić information content (AvgIpc) is 1.00. The maximum absolute atomic E-state index is 8.25. The van der Waals surface area contributed by atoms with Crippen molar-refractivity contribution in [3.8, 4) is 0 Å². The van der Waals surface area contributed by atoms with Crippen LogP contribution in [-0.4, -0.2) is 7.11 Å². The van der Waals surface area contributed by atoms with Crippen molar-refractivity contribution in [1.29, 1.82) is 0 Å². The summed E-state index contributed by atoms with van der Waals surface area (Å²) in [5.41, 5.74) is 0. The van der Waals surface area contributed by atoms with Crippen LogP contribution in [0.1, 0.15) is 0 Å². The predicted octanol–water partition coefficient (Wildman–Crippen LogP) is -7.02. The van der Waals surface area contributed by atoms with Gasteiger partial charge in [-0.05, 0) is 0 Å². The van der Waals surface area contributed by atoms with Gasteiger partial charge >= 0.3 is 46.6 Å². The van der Waals surface area contributed by atoms with Crippen LogP contribution in [0.15, 0.2) is 0 Å². The molecule has 1 nitrogen and oxygen atoms in total. The molecule has 0 aromatic carbocycles. The molecule has 0 spiro atoms. The molecule has 4 heteroatoms. The summed E-state index contributed by atoms with van der Waals surface area (Å²) in [4.78, 5) is 0. The molecule has 0 aromatic heterocycles. The standard InChI is InChI=1S/CH3O.ClH.Cu.Na/c1-2;;;/h1H3;1H;;/q-1;;+2;+1/p-1. The molecule has 1 radical (unpaired) electrons. The van der Waals surface area contributed by atoms with Gasteiger partial charge in [0.1, 0.15) is 0 Å². The molecule has 0 atom stereocenters. The molecule has 0 rings (SSSR count). The van der Waals surface area contributed by atoms with E-state index < -0.39 is 0 Å². The van der Waals surface area contributed by atoms with Gasteiger partial charge in [-0.3, -0.25) is 0 Å². The van der Waals surface area contributed by atoms with E-state index in [9.17, 15) is 0 Å². The van der Waals surface area contributed by atoms with Crippen molar-refractivity contribution in [3.05, 3.63) is 0 Å². The third kappa shape index (κ3) is 26.2. The summed E-state index contributed by atoms with van der Waals surface area (Å²) in [6.07, 6.45) is 0. The Morgan fingerprint density at radius 2 is 1.20 bits per heavy atom. The Labute approximate surface area is 70.7 Å². The Hall–Kier alpha value is 1.77. The quantitative estimate of drug-likeness (QED) is 0.317. The molecule has 0 bridgehead atoms. The smallest absolute Gasteiger partial charge is 1.00 e. The number of hydrogen-bond acceptors (Lipinski definition) is 1. The summed E-state index contributed by atoms with van der Waals surface area (Å²) < 4.78 is 0. The second-order valence-corrected chi connectivity index (χ2v) is 0. The second kappa shape index (κ2) is 41.9. The average molecular weight is 153 g/mol. The van der Waals surface area contributed by atoms with Gasteiger partial charge in [-0.1, -0.05) is 0 Å². The molecule has 0 aromatic rings. The molecule has 0 aliphatic heterocycles. The molecule has 0 amide bonds. The van der Waals surface area contributed by atoms with Crippen LogP contribution in [0.25, 0.3) is 0 Å². The van der Waals surface area contributed by atoms with Crippen LogP contribution in [-0.2, 0) is 17.1 Å². The van der Waals surface area contributed by atoms with Crippen LogP contribution < -0.4 is 47.1 Å². The molecular formula is CH3ClCuNaO+. The number of rotatable bonds is 0. The van der Waals surface area contributed by atoms with E-state index >= 15 is 0 Å². The Balaban J connectivity index is -0.00000000167. The van der Waals surface area contributed by atoms with Crippen LogP contribution in [0.3, 0.4) is 0 Å². The van der Waals surface area contributed by atoms with Crippen molar-refractivity contribution in [3.63, 3.8) is 0 Å². The van der Waals surface area contributed by atoms with Crippen molar-refractivity contribution in [2.75, 3.05) is 7.11 Å². The molecule has 0 heterocycles. The summed E-state index contributed by atoms with van der Waals surface area (Å²) in [7, 11) is 0.750. The Bertz CT molecular complexity index is 11.6. The monoisotopic (exact) mass is 152 g/mol. The van der Waals surface area contributed by atoms with Crippen LogP contribution in [0.5, 0.6) is 0 Å². The number of halogens is 1. The fourth-order valence-electron chi connectivity index (χ4n) is 0. The van der Waals surface area contributed by atoms with E-state index in [1.54, 1.807) is 0 Å². The van der Waals surface area contributed by atoms with Crippen molar-refractivity contribution < 1.29 is 64.1 Å². The SMILES string of the molecule is C[O-].[Cl-].[Cu+2].[Na+]. The zero-order chi connectivity index (χ0) is 2.00. The molecule has 0 N–H and O–H groups in total. The van der Waals surface area contributed by atoms with Gasteiger partial charge in [0.25, 0.3) is 0 Å². The van der Waals surface area contributed by atoms with Crippen LogP contribution in [0, 0.1) is 0 Å². The minimum Gasteiger partial charge on any atom is -1.00 e. The fourth-order valence-corrected chi connectivity index (χ4v) is 0. The van der Waals surface area contributed by atoms with E-state index in [1.165, 1.54) is 0 Å². The molecular weight excluding hydrogens is 150 g/mol. The predicted molar refractivity (Wildman–Crippen MR) is 5.92 cm³/mol. The molecule has 0 saturated carbocycles. The molecule has 0 fully saturated rings. The van der Waals surface area contributed by atoms with Crippen LogP contribution >= 0.6 is 0 Å². The van der Waals surface area contributed by atoms with Crippen molar-refractivity contribution in [2.24, 2.45) is 0 Å². The topological polar surface area (TPSA) is 23.1 Å². The Kier molecular flexibility index (Phi) is 246. The zero-order valence-electron chi connectivity index (χ0n) is 3.09. The first kappa shape index (κ1) is 29.4. The maximum Gasteiger partial charge on any atom is 2.00 e. The number of hydrogen-bond donors (Lipinski definition) is 0.